The number of benzene rings is 1. The largest absolute Gasteiger partial charge is 0.416 e. The van der Waals surface area contributed by atoms with Gasteiger partial charge in [-0.05, 0) is 42.3 Å². The van der Waals surface area contributed by atoms with E-state index in [0.717, 1.165) is 23.4 Å². The maximum absolute atomic E-state index is 12.5. The second kappa shape index (κ2) is 5.01. The van der Waals surface area contributed by atoms with Gasteiger partial charge < -0.3 is 5.73 Å². The van der Waals surface area contributed by atoms with Gasteiger partial charge in [-0.3, -0.25) is 4.98 Å². The van der Waals surface area contributed by atoms with Gasteiger partial charge in [0.1, 0.15) is 0 Å². The number of aromatic nitrogens is 1. The Morgan fingerprint density at radius 3 is 2.21 bits per heavy atom. The number of rotatable bonds is 2. The van der Waals surface area contributed by atoms with Gasteiger partial charge in [0.2, 0.25) is 0 Å². The lowest BCUT2D eigenvalue weighted by molar-refractivity contribution is -0.137. The molecule has 1 atom stereocenters. The molecule has 1 heterocycles. The summed E-state index contributed by atoms with van der Waals surface area (Å²) in [7, 11) is 0. The van der Waals surface area contributed by atoms with E-state index >= 15 is 0 Å². The van der Waals surface area contributed by atoms with Crippen molar-refractivity contribution in [2.24, 2.45) is 5.73 Å². The zero-order valence-electron chi connectivity index (χ0n) is 10.3. The molecule has 0 bridgehead atoms. The molecule has 0 amide bonds. The number of alkyl halides is 3. The molecule has 2 N–H and O–H groups in total. The first kappa shape index (κ1) is 13.5. The fraction of sp³-hybridized carbons (Fsp3) is 0.214. The Labute approximate surface area is 109 Å². The van der Waals surface area contributed by atoms with E-state index < -0.39 is 17.8 Å². The molecule has 2 nitrogen and oxygen atoms in total. The minimum Gasteiger partial charge on any atom is -0.320 e. The fourth-order valence-electron chi connectivity index (χ4n) is 1.83. The third kappa shape index (κ3) is 3.12. The van der Waals surface area contributed by atoms with Gasteiger partial charge in [0.15, 0.2) is 0 Å². The van der Waals surface area contributed by atoms with Crippen LogP contribution in [0, 0.1) is 6.92 Å². The summed E-state index contributed by atoms with van der Waals surface area (Å²) in [5.74, 6) is 0. The van der Waals surface area contributed by atoms with Gasteiger partial charge in [-0.1, -0.05) is 12.1 Å². The van der Waals surface area contributed by atoms with Gasteiger partial charge in [0.25, 0.3) is 0 Å². The molecule has 0 radical (unpaired) electrons. The predicted octanol–water partition coefficient (Wildman–Crippen LogP) is 3.46. The highest BCUT2D eigenvalue weighted by Gasteiger charge is 2.30. The Morgan fingerprint density at radius 2 is 1.68 bits per heavy atom. The van der Waals surface area contributed by atoms with Crippen LogP contribution in [0.25, 0.3) is 0 Å². The minimum absolute atomic E-state index is 0.455. The molecule has 0 aliphatic rings. The van der Waals surface area contributed by atoms with Crippen LogP contribution in [-0.4, -0.2) is 4.98 Å². The molecule has 5 heteroatoms. The molecule has 1 aromatic heterocycles. The molecule has 0 saturated heterocycles. The van der Waals surface area contributed by atoms with Crippen LogP contribution in [0.5, 0.6) is 0 Å². The number of nitrogens with zero attached hydrogens (tertiary/aromatic N) is 1. The van der Waals surface area contributed by atoms with E-state index in [-0.39, 0.29) is 0 Å². The van der Waals surface area contributed by atoms with Crippen molar-refractivity contribution in [2.45, 2.75) is 19.1 Å². The maximum Gasteiger partial charge on any atom is 0.416 e. The second-order valence-corrected chi connectivity index (χ2v) is 4.33. The number of halogens is 3. The molecule has 0 fully saturated rings. The summed E-state index contributed by atoms with van der Waals surface area (Å²) in [4.78, 5) is 4.06. The Kier molecular flexibility index (Phi) is 3.57. The summed E-state index contributed by atoms with van der Waals surface area (Å²) >= 11 is 0. The van der Waals surface area contributed by atoms with E-state index in [0.29, 0.717) is 5.56 Å². The number of hydrogen-bond donors (Lipinski definition) is 1. The van der Waals surface area contributed by atoms with Crippen LogP contribution in [0.1, 0.15) is 28.4 Å². The standard InChI is InChI=1S/C14H13F3N2/c1-9-8-11(6-7-19-9)13(18)10-2-4-12(5-3-10)14(15,16)17/h2-8,13H,18H2,1H3. The summed E-state index contributed by atoms with van der Waals surface area (Å²) in [5, 5.41) is 0. The Bertz CT molecular complexity index is 562. The zero-order valence-corrected chi connectivity index (χ0v) is 10.3. The lowest BCUT2D eigenvalue weighted by Gasteiger charge is -2.14. The highest BCUT2D eigenvalue weighted by molar-refractivity contribution is 5.33. The van der Waals surface area contributed by atoms with E-state index in [2.05, 4.69) is 4.98 Å². The van der Waals surface area contributed by atoms with Crippen LogP contribution in [0.2, 0.25) is 0 Å². The SMILES string of the molecule is Cc1cc(C(N)c2ccc(C(F)(F)F)cc2)ccn1. The number of nitrogens with two attached hydrogens (primary N) is 1. The summed E-state index contributed by atoms with van der Waals surface area (Å²) in [5.41, 5.74) is 7.65. The Morgan fingerprint density at radius 1 is 1.05 bits per heavy atom. The average Bonchev–Trinajstić information content (AvgIpc) is 2.37. The second-order valence-electron chi connectivity index (χ2n) is 4.33. The third-order valence-electron chi connectivity index (χ3n) is 2.88. The number of pyridine rings is 1. The highest BCUT2D eigenvalue weighted by atomic mass is 19.4. The van der Waals surface area contributed by atoms with E-state index in [9.17, 15) is 13.2 Å². The van der Waals surface area contributed by atoms with Gasteiger partial charge in [-0.15, -0.1) is 0 Å². The normalized spacial score (nSPS) is 13.3. The minimum atomic E-state index is -4.32. The van der Waals surface area contributed by atoms with E-state index in [1.165, 1.54) is 12.1 Å². The van der Waals surface area contributed by atoms with Gasteiger partial charge in [-0.25, -0.2) is 0 Å². The van der Waals surface area contributed by atoms with Crippen molar-refractivity contribution in [1.29, 1.82) is 0 Å². The van der Waals surface area contributed by atoms with Crippen LogP contribution in [0.4, 0.5) is 13.2 Å². The van der Waals surface area contributed by atoms with Crippen LogP contribution in [0.3, 0.4) is 0 Å². The molecule has 100 valence electrons. The first-order valence-corrected chi connectivity index (χ1v) is 5.73. The summed E-state index contributed by atoms with van der Waals surface area (Å²) in [6.45, 7) is 1.84. The van der Waals surface area contributed by atoms with Gasteiger partial charge >= 0.3 is 6.18 Å². The Hall–Kier alpha value is -1.88. The third-order valence-corrected chi connectivity index (χ3v) is 2.88. The van der Waals surface area contributed by atoms with Crippen molar-refractivity contribution in [3.8, 4) is 0 Å². The highest BCUT2D eigenvalue weighted by Crippen LogP contribution is 2.30. The quantitative estimate of drug-likeness (QED) is 0.904. The number of hydrogen-bond acceptors (Lipinski definition) is 2. The molecule has 0 saturated carbocycles. The topological polar surface area (TPSA) is 38.9 Å². The first-order chi connectivity index (χ1) is 8.88. The van der Waals surface area contributed by atoms with Crippen LogP contribution < -0.4 is 5.73 Å². The van der Waals surface area contributed by atoms with E-state index in [1.54, 1.807) is 12.3 Å². The smallest absolute Gasteiger partial charge is 0.320 e. The van der Waals surface area contributed by atoms with Crippen LogP contribution in [-0.2, 0) is 6.18 Å². The molecule has 0 aliphatic carbocycles. The number of aryl methyl sites for hydroxylation is 1. The van der Waals surface area contributed by atoms with E-state index in [4.69, 9.17) is 5.73 Å². The molecular weight excluding hydrogens is 253 g/mol. The fourth-order valence-corrected chi connectivity index (χ4v) is 1.83. The van der Waals surface area contributed by atoms with Crippen molar-refractivity contribution in [2.75, 3.05) is 0 Å². The molecule has 19 heavy (non-hydrogen) atoms. The Balaban J connectivity index is 2.27. The first-order valence-electron chi connectivity index (χ1n) is 5.73. The van der Waals surface area contributed by atoms with E-state index in [1.807, 2.05) is 13.0 Å². The maximum atomic E-state index is 12.5. The average molecular weight is 266 g/mol. The summed E-state index contributed by atoms with van der Waals surface area (Å²) in [6, 6.07) is 8.03. The molecule has 0 spiro atoms. The van der Waals surface area contributed by atoms with Crippen LogP contribution in [0.15, 0.2) is 42.6 Å². The molecular formula is C14H13F3N2. The van der Waals surface area contributed by atoms with Crippen molar-refractivity contribution in [3.05, 3.63) is 65.0 Å². The van der Waals surface area contributed by atoms with Crippen molar-refractivity contribution in [3.63, 3.8) is 0 Å². The summed E-state index contributed by atoms with van der Waals surface area (Å²) in [6.07, 6.45) is -2.69. The monoisotopic (exact) mass is 266 g/mol. The summed E-state index contributed by atoms with van der Waals surface area (Å²) < 4.78 is 37.4. The van der Waals surface area contributed by atoms with Crippen molar-refractivity contribution < 1.29 is 13.2 Å². The predicted molar refractivity (Wildman–Crippen MR) is 66.4 cm³/mol. The molecule has 0 aliphatic heterocycles. The zero-order chi connectivity index (χ0) is 14.0. The van der Waals surface area contributed by atoms with Crippen molar-refractivity contribution in [1.82, 2.24) is 4.98 Å². The van der Waals surface area contributed by atoms with Gasteiger partial charge in [-0.2, -0.15) is 13.2 Å². The van der Waals surface area contributed by atoms with Crippen LogP contribution >= 0.6 is 0 Å². The van der Waals surface area contributed by atoms with Gasteiger partial charge in [0.05, 0.1) is 11.6 Å². The molecule has 2 rings (SSSR count). The molecule has 1 aromatic carbocycles. The van der Waals surface area contributed by atoms with Crippen molar-refractivity contribution >= 4 is 0 Å². The lowest BCUT2D eigenvalue weighted by Crippen LogP contribution is -2.13. The molecule has 2 aromatic rings. The van der Waals surface area contributed by atoms with Gasteiger partial charge in [0, 0.05) is 11.9 Å². The lowest BCUT2D eigenvalue weighted by atomic mass is 9.99. The molecule has 1 unspecified atom stereocenters.